The van der Waals surface area contributed by atoms with E-state index in [2.05, 4.69) is 16.0 Å². The number of thiazole rings is 1. The molecular weight excluding hydrogens is 382 g/mol. The smallest absolute Gasteiger partial charge is 0.228 e. The maximum absolute atomic E-state index is 12.6. The summed E-state index contributed by atoms with van der Waals surface area (Å²) in [4.78, 5) is 21.4. The summed E-state index contributed by atoms with van der Waals surface area (Å²) in [6, 6.07) is 11.7. The second-order valence-corrected chi connectivity index (χ2v) is 7.87. The van der Waals surface area contributed by atoms with Crippen LogP contribution in [-0.4, -0.2) is 42.0 Å². The Labute approximate surface area is 167 Å². The maximum Gasteiger partial charge on any atom is 0.228 e. The van der Waals surface area contributed by atoms with Gasteiger partial charge < -0.3 is 14.2 Å². The summed E-state index contributed by atoms with van der Waals surface area (Å²) >= 11 is 7.58. The lowest BCUT2D eigenvalue weighted by molar-refractivity contribution is -0.130. The number of furan rings is 1. The minimum atomic E-state index is 0.119. The molecule has 0 bridgehead atoms. The van der Waals surface area contributed by atoms with Gasteiger partial charge in [-0.05, 0) is 37.3 Å². The number of halogens is 1. The monoisotopic (exact) mass is 401 g/mol. The van der Waals surface area contributed by atoms with E-state index in [-0.39, 0.29) is 5.91 Å². The van der Waals surface area contributed by atoms with Crippen LogP contribution in [0, 0.1) is 6.92 Å². The van der Waals surface area contributed by atoms with Crippen molar-refractivity contribution in [2.45, 2.75) is 13.3 Å². The number of amides is 1. The standard InChI is InChI=1S/C20H20ClN3O2S/c1-14-5-6-18(26-14)20-22-16(13-27-20)12-19(25)24-9-7-23(8-10-24)17-4-2-3-15(21)11-17/h2-6,11,13H,7-10,12H2,1H3. The van der Waals surface area contributed by atoms with Crippen LogP contribution in [0.15, 0.2) is 46.2 Å². The number of rotatable bonds is 4. The number of nitrogens with zero attached hydrogens (tertiary/aromatic N) is 3. The van der Waals surface area contributed by atoms with Crippen molar-refractivity contribution in [1.82, 2.24) is 9.88 Å². The fraction of sp³-hybridized carbons (Fsp3) is 0.300. The Bertz CT molecular complexity index is 944. The second kappa shape index (κ2) is 7.74. The topological polar surface area (TPSA) is 49.6 Å². The highest BCUT2D eigenvalue weighted by Crippen LogP contribution is 2.26. The third-order valence-electron chi connectivity index (χ3n) is 4.64. The SMILES string of the molecule is Cc1ccc(-c2nc(CC(=O)N3CCN(c4cccc(Cl)c4)CC3)cs2)o1. The summed E-state index contributed by atoms with van der Waals surface area (Å²) in [5.41, 5.74) is 1.90. The molecule has 3 aromatic rings. The number of piperazine rings is 1. The Hall–Kier alpha value is -2.31. The van der Waals surface area contributed by atoms with E-state index >= 15 is 0 Å². The molecule has 0 radical (unpaired) electrons. The molecule has 0 saturated carbocycles. The lowest BCUT2D eigenvalue weighted by atomic mass is 10.2. The molecule has 1 amide bonds. The highest BCUT2D eigenvalue weighted by atomic mass is 35.5. The van der Waals surface area contributed by atoms with Gasteiger partial charge in [0.1, 0.15) is 5.76 Å². The van der Waals surface area contributed by atoms with E-state index in [0.29, 0.717) is 19.5 Å². The molecule has 27 heavy (non-hydrogen) atoms. The van der Waals surface area contributed by atoms with Gasteiger partial charge in [-0.3, -0.25) is 4.79 Å². The highest BCUT2D eigenvalue weighted by molar-refractivity contribution is 7.13. The van der Waals surface area contributed by atoms with Gasteiger partial charge in [0, 0.05) is 42.3 Å². The van der Waals surface area contributed by atoms with Crippen LogP contribution in [0.2, 0.25) is 5.02 Å². The lowest BCUT2D eigenvalue weighted by Crippen LogP contribution is -2.49. The molecule has 1 saturated heterocycles. The number of benzene rings is 1. The summed E-state index contributed by atoms with van der Waals surface area (Å²) in [6.07, 6.45) is 0.327. The number of hydrogen-bond donors (Lipinski definition) is 0. The summed E-state index contributed by atoms with van der Waals surface area (Å²) in [5, 5.41) is 3.49. The number of hydrogen-bond acceptors (Lipinski definition) is 5. The fourth-order valence-electron chi connectivity index (χ4n) is 3.20. The van der Waals surface area contributed by atoms with E-state index in [0.717, 1.165) is 46.0 Å². The first kappa shape index (κ1) is 18.1. The van der Waals surface area contributed by atoms with Crippen molar-refractivity contribution < 1.29 is 9.21 Å². The molecule has 1 aromatic carbocycles. The zero-order valence-corrected chi connectivity index (χ0v) is 16.6. The molecule has 0 atom stereocenters. The number of carbonyl (C=O) groups is 1. The van der Waals surface area contributed by atoms with Gasteiger partial charge in [0.05, 0.1) is 12.1 Å². The number of carbonyl (C=O) groups excluding carboxylic acids is 1. The Morgan fingerprint density at radius 3 is 2.74 bits per heavy atom. The second-order valence-electron chi connectivity index (χ2n) is 6.58. The van der Waals surface area contributed by atoms with Crippen molar-refractivity contribution in [3.05, 3.63) is 58.3 Å². The molecule has 0 aliphatic carbocycles. The summed E-state index contributed by atoms with van der Waals surface area (Å²) < 4.78 is 5.60. The van der Waals surface area contributed by atoms with E-state index in [4.69, 9.17) is 16.0 Å². The van der Waals surface area contributed by atoms with Gasteiger partial charge in [0.15, 0.2) is 10.8 Å². The van der Waals surface area contributed by atoms with E-state index in [9.17, 15) is 4.79 Å². The summed E-state index contributed by atoms with van der Waals surface area (Å²) in [5.74, 6) is 1.73. The molecule has 3 heterocycles. The van der Waals surface area contributed by atoms with Crippen LogP contribution in [0.1, 0.15) is 11.5 Å². The van der Waals surface area contributed by atoms with Crippen molar-refractivity contribution in [3.8, 4) is 10.8 Å². The molecule has 2 aromatic heterocycles. The fourth-order valence-corrected chi connectivity index (χ4v) is 4.17. The van der Waals surface area contributed by atoms with E-state index in [1.165, 1.54) is 11.3 Å². The minimum Gasteiger partial charge on any atom is -0.459 e. The normalized spacial score (nSPS) is 14.6. The Morgan fingerprint density at radius 1 is 1.22 bits per heavy atom. The third kappa shape index (κ3) is 4.17. The van der Waals surface area contributed by atoms with Gasteiger partial charge in [-0.15, -0.1) is 11.3 Å². The van der Waals surface area contributed by atoms with E-state index in [1.54, 1.807) is 0 Å². The zero-order valence-electron chi connectivity index (χ0n) is 15.0. The molecular formula is C20H20ClN3O2S. The molecule has 5 nitrogen and oxygen atoms in total. The molecule has 1 aliphatic heterocycles. The van der Waals surface area contributed by atoms with Gasteiger partial charge in [0.25, 0.3) is 0 Å². The van der Waals surface area contributed by atoms with Gasteiger partial charge in [-0.25, -0.2) is 4.98 Å². The first-order valence-electron chi connectivity index (χ1n) is 8.88. The average Bonchev–Trinajstić information content (AvgIpc) is 3.31. The van der Waals surface area contributed by atoms with Crippen LogP contribution in [0.3, 0.4) is 0 Å². The van der Waals surface area contributed by atoms with Crippen LogP contribution in [0.5, 0.6) is 0 Å². The number of anilines is 1. The van der Waals surface area contributed by atoms with Crippen molar-refractivity contribution >= 4 is 34.5 Å². The Kier molecular flexibility index (Phi) is 5.18. The zero-order chi connectivity index (χ0) is 18.8. The van der Waals surface area contributed by atoms with Crippen LogP contribution in [0.4, 0.5) is 5.69 Å². The Balaban J connectivity index is 1.34. The van der Waals surface area contributed by atoms with E-state index in [1.807, 2.05) is 47.5 Å². The average molecular weight is 402 g/mol. The van der Waals surface area contributed by atoms with Crippen molar-refractivity contribution in [2.24, 2.45) is 0 Å². The predicted molar refractivity (Wildman–Crippen MR) is 109 cm³/mol. The molecule has 0 N–H and O–H groups in total. The Morgan fingerprint density at radius 2 is 2.04 bits per heavy atom. The predicted octanol–water partition coefficient (Wildman–Crippen LogP) is 4.26. The highest BCUT2D eigenvalue weighted by Gasteiger charge is 2.22. The van der Waals surface area contributed by atoms with Crippen LogP contribution >= 0.6 is 22.9 Å². The van der Waals surface area contributed by atoms with Crippen LogP contribution < -0.4 is 4.90 Å². The third-order valence-corrected chi connectivity index (χ3v) is 5.78. The molecule has 4 rings (SSSR count). The number of aromatic nitrogens is 1. The van der Waals surface area contributed by atoms with E-state index < -0.39 is 0 Å². The maximum atomic E-state index is 12.6. The largest absolute Gasteiger partial charge is 0.459 e. The summed E-state index contributed by atoms with van der Waals surface area (Å²) in [6.45, 7) is 4.93. The molecule has 7 heteroatoms. The van der Waals surface area contributed by atoms with Gasteiger partial charge in [-0.1, -0.05) is 17.7 Å². The molecule has 140 valence electrons. The van der Waals surface area contributed by atoms with Crippen molar-refractivity contribution in [3.63, 3.8) is 0 Å². The lowest BCUT2D eigenvalue weighted by Gasteiger charge is -2.36. The van der Waals surface area contributed by atoms with Crippen molar-refractivity contribution in [1.29, 1.82) is 0 Å². The molecule has 1 aliphatic rings. The van der Waals surface area contributed by atoms with Gasteiger partial charge in [0.2, 0.25) is 5.91 Å². The molecule has 0 unspecified atom stereocenters. The van der Waals surface area contributed by atoms with Crippen LogP contribution in [0.25, 0.3) is 10.8 Å². The van der Waals surface area contributed by atoms with Crippen molar-refractivity contribution in [2.75, 3.05) is 31.1 Å². The molecule has 0 spiro atoms. The molecule has 1 fully saturated rings. The van der Waals surface area contributed by atoms with Gasteiger partial charge in [-0.2, -0.15) is 0 Å². The van der Waals surface area contributed by atoms with Gasteiger partial charge >= 0.3 is 0 Å². The first-order valence-corrected chi connectivity index (χ1v) is 10.1. The minimum absolute atomic E-state index is 0.119. The summed E-state index contributed by atoms with van der Waals surface area (Å²) in [7, 11) is 0. The quantitative estimate of drug-likeness (QED) is 0.655. The first-order chi connectivity index (χ1) is 13.1. The van der Waals surface area contributed by atoms with Crippen LogP contribution in [-0.2, 0) is 11.2 Å². The number of aryl methyl sites for hydroxylation is 1.